The van der Waals surface area contributed by atoms with Gasteiger partial charge in [-0.2, -0.15) is 0 Å². The Balaban J connectivity index is 1.82. The van der Waals surface area contributed by atoms with Crippen molar-refractivity contribution in [2.24, 2.45) is 5.73 Å². The second kappa shape index (κ2) is 7.07. The molecule has 1 aromatic rings. The fourth-order valence-corrected chi connectivity index (χ4v) is 2.86. The molecule has 20 heavy (non-hydrogen) atoms. The van der Waals surface area contributed by atoms with Crippen molar-refractivity contribution in [3.8, 4) is 0 Å². The maximum Gasteiger partial charge on any atom is 0.238 e. The molecule has 0 heterocycles. The summed E-state index contributed by atoms with van der Waals surface area (Å²) in [7, 11) is 2.00. The van der Waals surface area contributed by atoms with E-state index in [9.17, 15) is 4.79 Å². The monoisotopic (exact) mass is 295 g/mol. The van der Waals surface area contributed by atoms with Crippen molar-refractivity contribution in [3.63, 3.8) is 0 Å². The Labute approximate surface area is 125 Å². The van der Waals surface area contributed by atoms with Gasteiger partial charge in [-0.15, -0.1) is 0 Å². The number of rotatable bonds is 4. The molecule has 0 radical (unpaired) electrons. The Kier molecular flexibility index (Phi) is 5.40. The summed E-state index contributed by atoms with van der Waals surface area (Å²) in [5.41, 5.74) is 6.64. The normalized spacial score (nSPS) is 22.8. The highest BCUT2D eigenvalue weighted by Crippen LogP contribution is 2.21. The van der Waals surface area contributed by atoms with Crippen LogP contribution in [-0.2, 0) is 4.79 Å². The van der Waals surface area contributed by atoms with Crippen LogP contribution in [0.15, 0.2) is 24.3 Å². The lowest BCUT2D eigenvalue weighted by atomic mass is 9.91. The molecule has 0 aliphatic heterocycles. The second-order valence-corrected chi connectivity index (χ2v) is 5.98. The summed E-state index contributed by atoms with van der Waals surface area (Å²) in [5, 5.41) is 3.49. The van der Waals surface area contributed by atoms with E-state index in [0.717, 1.165) is 31.4 Å². The number of hydrogen-bond acceptors (Lipinski definition) is 3. The number of halogens is 1. The summed E-state index contributed by atoms with van der Waals surface area (Å²) in [6.45, 7) is 0.395. The van der Waals surface area contributed by atoms with Gasteiger partial charge in [0.2, 0.25) is 5.91 Å². The molecule has 0 unspecified atom stereocenters. The topological polar surface area (TPSA) is 58.4 Å². The average Bonchev–Trinajstić information content (AvgIpc) is 2.39. The maximum absolute atomic E-state index is 12.0. The first-order valence-electron chi connectivity index (χ1n) is 7.06. The first kappa shape index (κ1) is 15.3. The summed E-state index contributed by atoms with van der Waals surface area (Å²) in [5.74, 6) is -0.00959. The third-order valence-corrected chi connectivity index (χ3v) is 4.10. The van der Waals surface area contributed by atoms with Crippen LogP contribution >= 0.6 is 11.6 Å². The minimum Gasteiger partial charge on any atom is -0.328 e. The molecular formula is C15H22ClN3O. The quantitative estimate of drug-likeness (QED) is 0.897. The smallest absolute Gasteiger partial charge is 0.238 e. The van der Waals surface area contributed by atoms with Gasteiger partial charge in [0, 0.05) is 22.8 Å². The summed E-state index contributed by atoms with van der Waals surface area (Å²) in [6.07, 6.45) is 4.24. The first-order chi connectivity index (χ1) is 9.54. The molecule has 0 aromatic heterocycles. The zero-order valence-corrected chi connectivity index (χ0v) is 12.6. The molecule has 5 heteroatoms. The van der Waals surface area contributed by atoms with Gasteiger partial charge in [0.05, 0.1) is 6.54 Å². The molecule has 110 valence electrons. The van der Waals surface area contributed by atoms with Gasteiger partial charge in [0.25, 0.3) is 0 Å². The van der Waals surface area contributed by atoms with Crippen molar-refractivity contribution in [1.82, 2.24) is 4.90 Å². The lowest BCUT2D eigenvalue weighted by molar-refractivity contribution is -0.117. The van der Waals surface area contributed by atoms with E-state index in [4.69, 9.17) is 17.3 Å². The highest BCUT2D eigenvalue weighted by Gasteiger charge is 2.23. The van der Waals surface area contributed by atoms with Crippen molar-refractivity contribution < 1.29 is 4.79 Å². The average molecular weight is 296 g/mol. The van der Waals surface area contributed by atoms with Crippen molar-refractivity contribution >= 4 is 23.2 Å². The molecule has 0 atom stereocenters. The van der Waals surface area contributed by atoms with Crippen molar-refractivity contribution in [2.45, 2.75) is 37.8 Å². The fraction of sp³-hybridized carbons (Fsp3) is 0.533. The molecule has 1 saturated carbocycles. The Morgan fingerprint density at radius 3 is 2.75 bits per heavy atom. The molecule has 3 N–H and O–H groups in total. The number of carbonyl (C=O) groups excluding carboxylic acids is 1. The molecule has 2 rings (SSSR count). The zero-order valence-electron chi connectivity index (χ0n) is 11.8. The van der Waals surface area contributed by atoms with E-state index in [-0.39, 0.29) is 5.91 Å². The van der Waals surface area contributed by atoms with Crippen LogP contribution in [-0.4, -0.2) is 36.5 Å². The molecule has 0 saturated heterocycles. The summed E-state index contributed by atoms with van der Waals surface area (Å²) in [6, 6.07) is 7.99. The Morgan fingerprint density at radius 2 is 2.10 bits per heavy atom. The van der Waals surface area contributed by atoms with Crippen LogP contribution in [0.2, 0.25) is 5.02 Å². The Hall–Kier alpha value is -1.10. The minimum atomic E-state index is -0.00959. The predicted molar refractivity (Wildman–Crippen MR) is 82.9 cm³/mol. The Morgan fingerprint density at radius 1 is 1.40 bits per heavy atom. The SMILES string of the molecule is CN(CC(=O)Nc1cccc(Cl)c1)C1CCC(N)CC1. The highest BCUT2D eigenvalue weighted by atomic mass is 35.5. The van der Waals surface area contributed by atoms with E-state index in [1.165, 1.54) is 0 Å². The summed E-state index contributed by atoms with van der Waals surface area (Å²) in [4.78, 5) is 14.1. The lowest BCUT2D eigenvalue weighted by Crippen LogP contribution is -2.42. The molecule has 1 aliphatic carbocycles. The zero-order chi connectivity index (χ0) is 14.5. The largest absolute Gasteiger partial charge is 0.328 e. The van der Waals surface area contributed by atoms with Gasteiger partial charge in [-0.1, -0.05) is 17.7 Å². The number of hydrogen-bond donors (Lipinski definition) is 2. The van der Waals surface area contributed by atoms with Crippen LogP contribution in [0.5, 0.6) is 0 Å². The van der Waals surface area contributed by atoms with Gasteiger partial charge in [-0.05, 0) is 50.9 Å². The van der Waals surface area contributed by atoms with Gasteiger partial charge in [-0.25, -0.2) is 0 Å². The molecule has 4 nitrogen and oxygen atoms in total. The molecule has 1 fully saturated rings. The van der Waals surface area contributed by atoms with E-state index in [1.54, 1.807) is 12.1 Å². The minimum absolute atomic E-state index is 0.00959. The number of anilines is 1. The number of carbonyl (C=O) groups is 1. The molecule has 0 spiro atoms. The molecule has 1 aliphatic rings. The van der Waals surface area contributed by atoms with Crippen LogP contribution in [0.3, 0.4) is 0 Å². The van der Waals surface area contributed by atoms with Crippen LogP contribution in [0, 0.1) is 0 Å². The molecular weight excluding hydrogens is 274 g/mol. The van der Waals surface area contributed by atoms with E-state index >= 15 is 0 Å². The standard InChI is InChI=1S/C15H22ClN3O/c1-19(14-7-5-12(17)6-8-14)10-15(20)18-13-4-2-3-11(16)9-13/h2-4,9,12,14H,5-8,10,17H2,1H3,(H,18,20). The molecule has 1 aromatic carbocycles. The van der Waals surface area contributed by atoms with Crippen molar-refractivity contribution in [1.29, 1.82) is 0 Å². The van der Waals surface area contributed by atoms with Crippen LogP contribution in [0.4, 0.5) is 5.69 Å². The summed E-state index contributed by atoms with van der Waals surface area (Å²) >= 11 is 5.90. The Bertz CT molecular complexity index is 458. The van der Waals surface area contributed by atoms with Gasteiger partial charge < -0.3 is 11.1 Å². The number of amides is 1. The van der Waals surface area contributed by atoms with Gasteiger partial charge in [0.15, 0.2) is 0 Å². The number of benzene rings is 1. The van der Waals surface area contributed by atoms with Crippen LogP contribution in [0.25, 0.3) is 0 Å². The van der Waals surface area contributed by atoms with Crippen LogP contribution < -0.4 is 11.1 Å². The molecule has 1 amide bonds. The third kappa shape index (κ3) is 4.47. The second-order valence-electron chi connectivity index (χ2n) is 5.54. The number of nitrogens with zero attached hydrogens (tertiary/aromatic N) is 1. The third-order valence-electron chi connectivity index (χ3n) is 3.87. The van der Waals surface area contributed by atoms with E-state index < -0.39 is 0 Å². The van der Waals surface area contributed by atoms with Crippen molar-refractivity contribution in [3.05, 3.63) is 29.3 Å². The predicted octanol–water partition coefficient (Wildman–Crippen LogP) is 2.48. The van der Waals surface area contributed by atoms with Gasteiger partial charge >= 0.3 is 0 Å². The number of nitrogens with two attached hydrogens (primary N) is 1. The van der Waals surface area contributed by atoms with E-state index in [1.807, 2.05) is 19.2 Å². The first-order valence-corrected chi connectivity index (χ1v) is 7.43. The van der Waals surface area contributed by atoms with Crippen molar-refractivity contribution in [2.75, 3.05) is 18.9 Å². The maximum atomic E-state index is 12.0. The number of likely N-dealkylation sites (N-methyl/N-ethyl adjacent to an activating group) is 1. The van der Waals surface area contributed by atoms with E-state index in [0.29, 0.717) is 23.7 Å². The lowest BCUT2D eigenvalue weighted by Gasteiger charge is -2.33. The van der Waals surface area contributed by atoms with Crippen LogP contribution in [0.1, 0.15) is 25.7 Å². The number of nitrogens with one attached hydrogen (secondary N) is 1. The summed E-state index contributed by atoms with van der Waals surface area (Å²) < 4.78 is 0. The fourth-order valence-electron chi connectivity index (χ4n) is 2.66. The van der Waals surface area contributed by atoms with Gasteiger partial charge in [0.1, 0.15) is 0 Å². The van der Waals surface area contributed by atoms with Gasteiger partial charge in [-0.3, -0.25) is 9.69 Å². The molecule has 0 bridgehead atoms. The van der Waals surface area contributed by atoms with E-state index in [2.05, 4.69) is 10.2 Å². The highest BCUT2D eigenvalue weighted by molar-refractivity contribution is 6.30.